The lowest BCUT2D eigenvalue weighted by Crippen LogP contribution is -2.29. The van der Waals surface area contributed by atoms with E-state index in [0.717, 1.165) is 60.6 Å². The van der Waals surface area contributed by atoms with E-state index in [0.29, 0.717) is 11.1 Å². The third-order valence-electron chi connectivity index (χ3n) is 7.68. The molecule has 2 aliphatic rings. The van der Waals surface area contributed by atoms with Crippen molar-refractivity contribution in [2.45, 2.75) is 91.7 Å². The average Bonchev–Trinajstić information content (AvgIpc) is 3.26. The van der Waals surface area contributed by atoms with Gasteiger partial charge in [0, 0.05) is 56.5 Å². The maximum absolute atomic E-state index is 12.4. The highest BCUT2D eigenvalue weighted by atomic mass is 19.4. The summed E-state index contributed by atoms with van der Waals surface area (Å²) in [5.41, 5.74) is 9.47. The van der Waals surface area contributed by atoms with Gasteiger partial charge in [-0.25, -0.2) is 0 Å². The van der Waals surface area contributed by atoms with Crippen LogP contribution in [0.1, 0.15) is 93.4 Å². The Morgan fingerprint density at radius 3 is 2.42 bits per heavy atom. The highest BCUT2D eigenvalue weighted by Gasteiger charge is 2.27. The lowest BCUT2D eigenvalue weighted by molar-refractivity contribution is -0.134. The second-order valence-corrected chi connectivity index (χ2v) is 10.6. The van der Waals surface area contributed by atoms with E-state index in [1.165, 1.54) is 38.5 Å². The fourth-order valence-electron chi connectivity index (χ4n) is 5.55. The van der Waals surface area contributed by atoms with Crippen LogP contribution in [0.3, 0.4) is 0 Å². The molecule has 2 aromatic heterocycles. The number of pyridine rings is 1. The summed E-state index contributed by atoms with van der Waals surface area (Å²) in [5, 5.41) is 4.97. The fraction of sp³-hybridized carbons (Fsp3) is 0.559. The summed E-state index contributed by atoms with van der Waals surface area (Å²) >= 11 is 0. The molecule has 43 heavy (non-hydrogen) atoms. The van der Waals surface area contributed by atoms with Gasteiger partial charge in [0.25, 0.3) is 0 Å². The number of amides is 1. The number of hydrogen-bond donors (Lipinski definition) is 1. The van der Waals surface area contributed by atoms with Crippen LogP contribution >= 0.6 is 0 Å². The van der Waals surface area contributed by atoms with E-state index in [9.17, 15) is 18.0 Å². The van der Waals surface area contributed by atoms with E-state index >= 15 is 0 Å². The molecule has 0 saturated heterocycles. The first-order chi connectivity index (χ1) is 20.2. The minimum Gasteiger partial charge on any atom is -0.366 e. The van der Waals surface area contributed by atoms with Gasteiger partial charge in [0.1, 0.15) is 0 Å². The number of carbonyl (C=O) groups excluding carboxylic acids is 1. The molecule has 6 nitrogen and oxygen atoms in total. The van der Waals surface area contributed by atoms with Crippen LogP contribution in [-0.4, -0.2) is 51.4 Å². The van der Waals surface area contributed by atoms with Gasteiger partial charge >= 0.3 is 6.18 Å². The van der Waals surface area contributed by atoms with Crippen molar-refractivity contribution >= 4 is 16.8 Å². The normalized spacial score (nSPS) is 15.2. The Balaban J connectivity index is 0.000000433. The first-order valence-electron chi connectivity index (χ1n) is 15.2. The largest absolute Gasteiger partial charge is 0.389 e. The molecular formula is C34H52F3N5O. The number of alkyl halides is 3. The van der Waals surface area contributed by atoms with Gasteiger partial charge in [-0.05, 0) is 55.0 Å². The van der Waals surface area contributed by atoms with Crippen molar-refractivity contribution in [3.05, 3.63) is 72.2 Å². The van der Waals surface area contributed by atoms with E-state index in [4.69, 9.17) is 5.73 Å². The Kier molecular flexibility index (Phi) is 16.8. The number of benzene rings is 1. The minimum absolute atomic E-state index is 0. The predicted octanol–water partition coefficient (Wildman–Crippen LogP) is 8.08. The minimum atomic E-state index is -4.09. The molecule has 1 saturated carbocycles. The number of aromatic nitrogens is 3. The number of rotatable bonds is 6. The highest BCUT2D eigenvalue weighted by molar-refractivity contribution is 6.05. The van der Waals surface area contributed by atoms with Gasteiger partial charge in [-0.1, -0.05) is 65.5 Å². The van der Waals surface area contributed by atoms with Crippen molar-refractivity contribution in [1.29, 1.82) is 0 Å². The van der Waals surface area contributed by atoms with E-state index in [1.54, 1.807) is 29.2 Å². The fourth-order valence-corrected chi connectivity index (χ4v) is 5.55. The molecule has 0 atom stereocenters. The molecule has 0 unspecified atom stereocenters. The molecule has 3 aromatic rings. The monoisotopic (exact) mass is 603 g/mol. The number of carbonyl (C=O) groups is 1. The molecule has 0 bridgehead atoms. The van der Waals surface area contributed by atoms with E-state index in [-0.39, 0.29) is 13.8 Å². The molecule has 1 fully saturated rings. The zero-order valence-corrected chi connectivity index (χ0v) is 25.6. The average molecular weight is 604 g/mol. The summed E-state index contributed by atoms with van der Waals surface area (Å²) in [7, 11) is 1.81. The lowest BCUT2D eigenvalue weighted by atomic mass is 9.87. The molecule has 2 N–H and O–H groups in total. The third-order valence-corrected chi connectivity index (χ3v) is 7.68. The van der Waals surface area contributed by atoms with E-state index in [1.807, 2.05) is 33.0 Å². The van der Waals surface area contributed by atoms with Crippen LogP contribution in [0.5, 0.6) is 0 Å². The van der Waals surface area contributed by atoms with Crippen LogP contribution in [-0.2, 0) is 26.3 Å². The van der Waals surface area contributed by atoms with E-state index in [2.05, 4.69) is 28.1 Å². The topological polar surface area (TPSA) is 77.0 Å². The predicted molar refractivity (Wildman–Crippen MR) is 172 cm³/mol. The number of aryl methyl sites for hydroxylation is 2. The Morgan fingerprint density at radius 1 is 1.09 bits per heavy atom. The standard InChI is InChI=1S/C20H29F3N2.C9H9N3O.C2H6.C2H4.CH4/c21-20(22,23)10-6-17-14-18-8-12-25(13-9-19(18)24-15-17)11-7-16-4-2-1-3-5-16;1-12-5-7-6(9(10)13)3-2-4-8(7)11-12;2*1-2;/h14-16H,1-13H2;2-5H,1H3,(H2,10,13);1-2H3;1-2H2;1H4. The molecule has 1 aliphatic heterocycles. The second-order valence-electron chi connectivity index (χ2n) is 10.6. The quantitative estimate of drug-likeness (QED) is 0.289. The van der Waals surface area contributed by atoms with Gasteiger partial charge in [-0.2, -0.15) is 18.3 Å². The number of halogens is 3. The Morgan fingerprint density at radius 2 is 1.77 bits per heavy atom. The van der Waals surface area contributed by atoms with E-state index < -0.39 is 18.5 Å². The number of nitrogens with two attached hydrogens (primary N) is 1. The summed E-state index contributed by atoms with van der Waals surface area (Å²) in [6.45, 7) is 13.2. The summed E-state index contributed by atoms with van der Waals surface area (Å²) in [6.07, 6.45) is 8.68. The van der Waals surface area contributed by atoms with Gasteiger partial charge in [0.05, 0.1) is 11.1 Å². The first-order valence-corrected chi connectivity index (χ1v) is 15.2. The van der Waals surface area contributed by atoms with Crippen molar-refractivity contribution in [2.24, 2.45) is 18.7 Å². The summed E-state index contributed by atoms with van der Waals surface area (Å²) < 4.78 is 38.9. The first kappa shape index (κ1) is 37.8. The second kappa shape index (κ2) is 19.2. The molecule has 3 heterocycles. The maximum atomic E-state index is 12.4. The van der Waals surface area contributed by atoms with Gasteiger partial charge in [0.15, 0.2) is 0 Å². The van der Waals surface area contributed by atoms with Crippen LogP contribution in [0, 0.1) is 5.92 Å². The third kappa shape index (κ3) is 12.5. The summed E-state index contributed by atoms with van der Waals surface area (Å²) in [4.78, 5) is 18.0. The molecule has 9 heteroatoms. The lowest BCUT2D eigenvalue weighted by Gasteiger charge is -2.26. The molecule has 1 aliphatic carbocycles. The zero-order chi connectivity index (χ0) is 31.1. The van der Waals surface area contributed by atoms with Crippen LogP contribution in [0.25, 0.3) is 10.9 Å². The zero-order valence-electron chi connectivity index (χ0n) is 25.6. The molecule has 0 spiro atoms. The van der Waals surface area contributed by atoms with Crippen LogP contribution < -0.4 is 5.73 Å². The van der Waals surface area contributed by atoms with Crippen LogP contribution in [0.4, 0.5) is 13.2 Å². The van der Waals surface area contributed by atoms with Gasteiger partial charge < -0.3 is 10.6 Å². The molecular weight excluding hydrogens is 551 g/mol. The Hall–Kier alpha value is -3.20. The number of nitrogens with zero attached hydrogens (tertiary/aromatic N) is 4. The number of hydrogen-bond acceptors (Lipinski definition) is 4. The summed E-state index contributed by atoms with van der Waals surface area (Å²) in [5.74, 6) is 0.477. The molecule has 1 aromatic carbocycles. The van der Waals surface area contributed by atoms with Gasteiger partial charge in [-0.3, -0.25) is 14.5 Å². The van der Waals surface area contributed by atoms with Gasteiger partial charge in [0.2, 0.25) is 5.91 Å². The SMILES string of the molecule is C.C=C.CC.Cn1cc2c(C(N)=O)cccc2n1.FC(F)(F)CCc1cnc2c(c1)CCN(CCC1CCCCC1)CC2. The highest BCUT2D eigenvalue weighted by Crippen LogP contribution is 2.27. The molecule has 5 rings (SSSR count). The van der Waals surface area contributed by atoms with Crippen molar-refractivity contribution in [3.8, 4) is 0 Å². The summed E-state index contributed by atoms with van der Waals surface area (Å²) in [6, 6.07) is 7.28. The molecule has 0 radical (unpaired) electrons. The van der Waals surface area contributed by atoms with Crippen molar-refractivity contribution in [1.82, 2.24) is 19.7 Å². The maximum Gasteiger partial charge on any atom is 0.389 e. The van der Waals surface area contributed by atoms with Crippen LogP contribution in [0.15, 0.2) is 49.8 Å². The number of primary amides is 1. The van der Waals surface area contributed by atoms with Crippen molar-refractivity contribution in [3.63, 3.8) is 0 Å². The Labute approximate surface area is 256 Å². The molecule has 240 valence electrons. The van der Waals surface area contributed by atoms with Gasteiger partial charge in [-0.15, -0.1) is 13.2 Å². The smallest absolute Gasteiger partial charge is 0.366 e. The number of fused-ring (bicyclic) bond motifs is 2. The molecule has 1 amide bonds. The van der Waals surface area contributed by atoms with Crippen molar-refractivity contribution < 1.29 is 18.0 Å². The Bertz CT molecular complexity index is 1230. The van der Waals surface area contributed by atoms with Crippen LogP contribution in [0.2, 0.25) is 0 Å². The van der Waals surface area contributed by atoms with Crippen molar-refractivity contribution in [2.75, 3.05) is 19.6 Å².